The van der Waals surface area contributed by atoms with Gasteiger partial charge in [0.15, 0.2) is 0 Å². The average molecular weight is 344 g/mol. The van der Waals surface area contributed by atoms with E-state index in [1.165, 1.54) is 6.08 Å². The van der Waals surface area contributed by atoms with Gasteiger partial charge in [0, 0.05) is 6.42 Å². The third-order valence-electron chi connectivity index (χ3n) is 5.19. The summed E-state index contributed by atoms with van der Waals surface area (Å²) in [5.41, 5.74) is -1.13. The summed E-state index contributed by atoms with van der Waals surface area (Å²) in [6, 6.07) is 0. The van der Waals surface area contributed by atoms with Crippen molar-refractivity contribution >= 4 is 0 Å². The molecule has 0 amide bonds. The highest BCUT2D eigenvalue weighted by Crippen LogP contribution is 2.43. The van der Waals surface area contributed by atoms with Crippen molar-refractivity contribution in [1.82, 2.24) is 0 Å². The fourth-order valence-corrected chi connectivity index (χ4v) is 3.75. The molecule has 138 valence electrons. The second-order valence-electron chi connectivity index (χ2n) is 6.64. The van der Waals surface area contributed by atoms with Gasteiger partial charge in [0.05, 0.1) is 12.4 Å². The molecule has 6 N–H and O–H groups in total. The van der Waals surface area contributed by atoms with Gasteiger partial charge in [0.2, 0.25) is 0 Å². The number of hydrogen-bond donors (Lipinski definition) is 6. The Morgan fingerprint density at radius 2 is 1.75 bits per heavy atom. The number of allylic oxidation sites excluding steroid dienone is 2. The zero-order valence-corrected chi connectivity index (χ0v) is 14.0. The SMILES string of the molecule is CCC(CC)C1=CC=C(O)CC1(O)C1O[C@H](CO)[C@@H](O)[C@H](O)[C@H]1O. The fraction of sp³-hybridized carbons (Fsp3) is 0.765. The summed E-state index contributed by atoms with van der Waals surface area (Å²) in [6.45, 7) is 3.38. The predicted octanol–water partition coefficient (Wildman–Crippen LogP) is -0.232. The number of aliphatic hydroxyl groups excluding tert-OH is 5. The first-order valence-electron chi connectivity index (χ1n) is 8.43. The van der Waals surface area contributed by atoms with Crippen molar-refractivity contribution < 1.29 is 35.4 Å². The van der Waals surface area contributed by atoms with Crippen molar-refractivity contribution in [2.24, 2.45) is 5.92 Å². The number of hydrogen-bond acceptors (Lipinski definition) is 7. The minimum absolute atomic E-state index is 0.00622. The summed E-state index contributed by atoms with van der Waals surface area (Å²) in [4.78, 5) is 0. The van der Waals surface area contributed by atoms with Gasteiger partial charge in [-0.15, -0.1) is 0 Å². The van der Waals surface area contributed by atoms with E-state index in [1.807, 2.05) is 13.8 Å². The number of aliphatic hydroxyl groups is 6. The monoisotopic (exact) mass is 344 g/mol. The summed E-state index contributed by atoms with van der Waals surface area (Å²) in [5.74, 6) is -0.0594. The van der Waals surface area contributed by atoms with Crippen molar-refractivity contribution in [1.29, 1.82) is 0 Å². The van der Waals surface area contributed by atoms with E-state index in [2.05, 4.69) is 0 Å². The van der Waals surface area contributed by atoms with Gasteiger partial charge >= 0.3 is 0 Å². The molecule has 2 aliphatic rings. The summed E-state index contributed by atoms with van der Waals surface area (Å²) in [5, 5.41) is 60.9. The Bertz CT molecular complexity index is 497. The lowest BCUT2D eigenvalue weighted by Gasteiger charge is -2.49. The van der Waals surface area contributed by atoms with Crippen molar-refractivity contribution in [3.63, 3.8) is 0 Å². The molecule has 7 nitrogen and oxygen atoms in total. The Morgan fingerprint density at radius 3 is 2.29 bits per heavy atom. The van der Waals surface area contributed by atoms with Gasteiger partial charge in [-0.1, -0.05) is 19.9 Å². The minimum Gasteiger partial charge on any atom is -0.512 e. The second kappa shape index (κ2) is 7.51. The highest BCUT2D eigenvalue weighted by Gasteiger charge is 2.55. The van der Waals surface area contributed by atoms with Gasteiger partial charge < -0.3 is 35.4 Å². The topological polar surface area (TPSA) is 131 Å². The Balaban J connectivity index is 2.42. The molecule has 6 atom stereocenters. The zero-order chi connectivity index (χ0) is 18.1. The molecule has 2 unspecified atom stereocenters. The van der Waals surface area contributed by atoms with E-state index < -0.39 is 42.7 Å². The normalized spacial score (nSPS) is 40.4. The third kappa shape index (κ3) is 3.24. The highest BCUT2D eigenvalue weighted by atomic mass is 16.6. The van der Waals surface area contributed by atoms with Crippen LogP contribution in [0, 0.1) is 5.92 Å². The summed E-state index contributed by atoms with van der Waals surface area (Å²) < 4.78 is 5.55. The van der Waals surface area contributed by atoms with Crippen LogP contribution in [0.5, 0.6) is 0 Å². The number of rotatable bonds is 5. The molecule has 1 heterocycles. The van der Waals surface area contributed by atoms with Crippen molar-refractivity contribution in [2.45, 2.75) is 69.2 Å². The van der Waals surface area contributed by atoms with Crippen molar-refractivity contribution in [3.8, 4) is 0 Å². The Labute approximate surface area is 141 Å². The molecule has 7 heteroatoms. The first kappa shape index (κ1) is 19.4. The van der Waals surface area contributed by atoms with Crippen LogP contribution in [-0.4, -0.2) is 73.4 Å². The van der Waals surface area contributed by atoms with E-state index in [0.29, 0.717) is 5.57 Å². The largest absolute Gasteiger partial charge is 0.512 e. The van der Waals surface area contributed by atoms with Crippen molar-refractivity contribution in [2.75, 3.05) is 6.61 Å². The Hall–Kier alpha value is -0.960. The molecule has 0 saturated carbocycles. The van der Waals surface area contributed by atoms with Crippen LogP contribution in [0.1, 0.15) is 33.1 Å². The smallest absolute Gasteiger partial charge is 0.122 e. The Kier molecular flexibility index (Phi) is 6.06. The minimum atomic E-state index is -1.73. The molecule has 0 bridgehead atoms. The van der Waals surface area contributed by atoms with Gasteiger partial charge in [-0.25, -0.2) is 0 Å². The van der Waals surface area contributed by atoms with E-state index >= 15 is 0 Å². The van der Waals surface area contributed by atoms with Crippen LogP contribution in [0.4, 0.5) is 0 Å². The van der Waals surface area contributed by atoms with Gasteiger partial charge in [0.1, 0.15) is 36.1 Å². The molecule has 0 spiro atoms. The first-order valence-corrected chi connectivity index (χ1v) is 8.43. The molecule has 0 aromatic carbocycles. The molecule has 2 rings (SSSR count). The molecule has 24 heavy (non-hydrogen) atoms. The molecule has 1 aliphatic carbocycles. The van der Waals surface area contributed by atoms with E-state index in [9.17, 15) is 30.6 Å². The second-order valence-corrected chi connectivity index (χ2v) is 6.64. The van der Waals surface area contributed by atoms with Gasteiger partial charge in [0.25, 0.3) is 0 Å². The van der Waals surface area contributed by atoms with Crippen LogP contribution in [0.2, 0.25) is 0 Å². The van der Waals surface area contributed by atoms with Gasteiger partial charge in [-0.05, 0) is 30.4 Å². The molecule has 0 aromatic heterocycles. The first-order chi connectivity index (χ1) is 11.3. The zero-order valence-electron chi connectivity index (χ0n) is 14.0. The molecule has 0 radical (unpaired) electrons. The molecule has 1 fully saturated rings. The lowest BCUT2D eigenvalue weighted by Crippen LogP contribution is -2.66. The standard InChI is InChI=1S/C17H28O7/c1-3-9(4-2)11-6-5-10(19)7-17(11,23)16-15(22)14(21)13(20)12(8-18)24-16/h5-6,9,12-16,18-23H,3-4,7-8H2,1-2H3/t12-,13-,14+,15-,16?,17?/m1/s1. The van der Waals surface area contributed by atoms with Crippen LogP contribution in [0.3, 0.4) is 0 Å². The summed E-state index contributed by atoms with van der Waals surface area (Å²) >= 11 is 0. The van der Waals surface area contributed by atoms with Crippen molar-refractivity contribution in [3.05, 3.63) is 23.5 Å². The molecular weight excluding hydrogens is 316 g/mol. The lowest BCUT2D eigenvalue weighted by molar-refractivity contribution is -0.265. The van der Waals surface area contributed by atoms with Crippen LogP contribution < -0.4 is 0 Å². The van der Waals surface area contributed by atoms with Crippen LogP contribution in [0.15, 0.2) is 23.5 Å². The maximum atomic E-state index is 11.3. The molecular formula is C17H28O7. The Morgan fingerprint density at radius 1 is 1.12 bits per heavy atom. The van der Waals surface area contributed by atoms with E-state index in [-0.39, 0.29) is 18.1 Å². The van der Waals surface area contributed by atoms with E-state index in [4.69, 9.17) is 4.74 Å². The summed E-state index contributed by atoms with van der Waals surface area (Å²) in [6.07, 6.45) is -2.55. The van der Waals surface area contributed by atoms with E-state index in [1.54, 1.807) is 6.08 Å². The third-order valence-corrected chi connectivity index (χ3v) is 5.19. The maximum Gasteiger partial charge on any atom is 0.122 e. The quantitative estimate of drug-likeness (QED) is 0.406. The average Bonchev–Trinajstić information content (AvgIpc) is 2.55. The van der Waals surface area contributed by atoms with Gasteiger partial charge in [-0.3, -0.25) is 0 Å². The van der Waals surface area contributed by atoms with E-state index in [0.717, 1.165) is 12.8 Å². The molecule has 1 saturated heterocycles. The maximum absolute atomic E-state index is 11.3. The fourth-order valence-electron chi connectivity index (χ4n) is 3.75. The predicted molar refractivity (Wildman–Crippen MR) is 86.2 cm³/mol. The van der Waals surface area contributed by atoms with Crippen LogP contribution >= 0.6 is 0 Å². The lowest BCUT2D eigenvalue weighted by atomic mass is 9.70. The highest BCUT2D eigenvalue weighted by molar-refractivity contribution is 5.35. The number of ether oxygens (including phenoxy) is 1. The van der Waals surface area contributed by atoms with Crippen LogP contribution in [-0.2, 0) is 4.74 Å². The summed E-state index contributed by atoms with van der Waals surface area (Å²) in [7, 11) is 0. The van der Waals surface area contributed by atoms with Gasteiger partial charge in [-0.2, -0.15) is 0 Å². The van der Waals surface area contributed by atoms with Crippen LogP contribution in [0.25, 0.3) is 0 Å². The molecule has 1 aliphatic heterocycles. The molecule has 0 aromatic rings.